The van der Waals surface area contributed by atoms with E-state index in [2.05, 4.69) is 10.6 Å². The molecular weight excluding hydrogens is 335 g/mol. The summed E-state index contributed by atoms with van der Waals surface area (Å²) in [6.07, 6.45) is 0. The molecule has 0 aliphatic heterocycles. The standard InChI is InChI=1S/C17H18ClFN2OS/c1-12-10-14(19)6-7-16(12)21-17(22)20-8-9-23-11-13-4-2-3-5-15(13)18/h2-7,10H,8-9,11H2,1H3,(H2,20,21,22). The Hall–Kier alpha value is -1.72. The van der Waals surface area contributed by atoms with Crippen molar-refractivity contribution in [2.24, 2.45) is 0 Å². The van der Waals surface area contributed by atoms with Crippen LogP contribution in [0.1, 0.15) is 11.1 Å². The van der Waals surface area contributed by atoms with Crippen LogP contribution in [0.2, 0.25) is 5.02 Å². The summed E-state index contributed by atoms with van der Waals surface area (Å²) in [6.45, 7) is 2.29. The summed E-state index contributed by atoms with van der Waals surface area (Å²) in [5.41, 5.74) is 2.38. The van der Waals surface area contributed by atoms with Crippen LogP contribution >= 0.6 is 23.4 Å². The van der Waals surface area contributed by atoms with Gasteiger partial charge in [-0.1, -0.05) is 29.8 Å². The fourth-order valence-electron chi connectivity index (χ4n) is 1.97. The number of nitrogens with one attached hydrogen (secondary N) is 2. The molecule has 0 fully saturated rings. The second-order valence-electron chi connectivity index (χ2n) is 4.98. The van der Waals surface area contributed by atoms with Gasteiger partial charge in [-0.25, -0.2) is 9.18 Å². The van der Waals surface area contributed by atoms with Crippen LogP contribution < -0.4 is 10.6 Å². The lowest BCUT2D eigenvalue weighted by molar-refractivity contribution is 0.252. The number of hydrogen-bond donors (Lipinski definition) is 2. The van der Waals surface area contributed by atoms with Gasteiger partial charge in [0.25, 0.3) is 0 Å². The Morgan fingerprint density at radius 2 is 2.04 bits per heavy atom. The Labute approximate surface area is 144 Å². The van der Waals surface area contributed by atoms with Crippen molar-refractivity contribution in [3.63, 3.8) is 0 Å². The Bertz CT molecular complexity index is 681. The molecule has 2 aromatic rings. The molecule has 3 nitrogen and oxygen atoms in total. The molecule has 0 radical (unpaired) electrons. The van der Waals surface area contributed by atoms with Crippen molar-refractivity contribution in [1.29, 1.82) is 0 Å². The zero-order valence-corrected chi connectivity index (χ0v) is 14.3. The highest BCUT2D eigenvalue weighted by Crippen LogP contribution is 2.20. The summed E-state index contributed by atoms with van der Waals surface area (Å²) in [5, 5.41) is 6.25. The van der Waals surface area contributed by atoms with E-state index in [0.29, 0.717) is 17.8 Å². The third-order valence-electron chi connectivity index (χ3n) is 3.18. The van der Waals surface area contributed by atoms with Crippen LogP contribution in [0.25, 0.3) is 0 Å². The molecule has 0 atom stereocenters. The molecule has 0 saturated heterocycles. The van der Waals surface area contributed by atoms with Crippen molar-refractivity contribution in [3.05, 3.63) is 64.4 Å². The largest absolute Gasteiger partial charge is 0.337 e. The minimum Gasteiger partial charge on any atom is -0.337 e. The van der Waals surface area contributed by atoms with E-state index in [1.54, 1.807) is 24.8 Å². The van der Waals surface area contributed by atoms with E-state index >= 15 is 0 Å². The number of urea groups is 1. The normalized spacial score (nSPS) is 10.4. The lowest BCUT2D eigenvalue weighted by Crippen LogP contribution is -2.30. The van der Waals surface area contributed by atoms with Gasteiger partial charge in [-0.05, 0) is 42.3 Å². The molecule has 0 saturated carbocycles. The number of halogens is 2. The minimum absolute atomic E-state index is 0.293. The second kappa shape index (κ2) is 8.79. The lowest BCUT2D eigenvalue weighted by Gasteiger charge is -2.10. The number of aryl methyl sites for hydroxylation is 1. The molecule has 0 unspecified atom stereocenters. The Morgan fingerprint density at radius 3 is 2.78 bits per heavy atom. The third kappa shape index (κ3) is 5.77. The summed E-state index contributed by atoms with van der Waals surface area (Å²) in [6, 6.07) is 11.7. The first-order valence-electron chi connectivity index (χ1n) is 7.18. The van der Waals surface area contributed by atoms with Crippen molar-refractivity contribution in [2.45, 2.75) is 12.7 Å². The molecule has 122 valence electrons. The SMILES string of the molecule is Cc1cc(F)ccc1NC(=O)NCCSCc1ccccc1Cl. The summed E-state index contributed by atoms with van der Waals surface area (Å²) in [5.74, 6) is 1.27. The van der Waals surface area contributed by atoms with Crippen molar-refractivity contribution in [1.82, 2.24) is 5.32 Å². The van der Waals surface area contributed by atoms with Gasteiger partial charge in [0.15, 0.2) is 0 Å². The maximum atomic E-state index is 13.0. The van der Waals surface area contributed by atoms with Gasteiger partial charge in [-0.15, -0.1) is 0 Å². The number of benzene rings is 2. The van der Waals surface area contributed by atoms with Crippen LogP contribution in [0, 0.1) is 12.7 Å². The van der Waals surface area contributed by atoms with Crippen LogP contribution in [0.4, 0.5) is 14.9 Å². The highest BCUT2D eigenvalue weighted by molar-refractivity contribution is 7.98. The van der Waals surface area contributed by atoms with Crippen LogP contribution in [-0.2, 0) is 5.75 Å². The highest BCUT2D eigenvalue weighted by atomic mass is 35.5. The Morgan fingerprint density at radius 1 is 1.26 bits per heavy atom. The molecule has 0 spiro atoms. The second-order valence-corrected chi connectivity index (χ2v) is 6.50. The molecule has 0 aliphatic carbocycles. The number of carbonyl (C=O) groups is 1. The van der Waals surface area contributed by atoms with Crippen LogP contribution in [0.3, 0.4) is 0 Å². The van der Waals surface area contributed by atoms with Crippen molar-refractivity contribution >= 4 is 35.1 Å². The number of thioether (sulfide) groups is 1. The van der Waals surface area contributed by atoms with Gasteiger partial charge in [0.2, 0.25) is 0 Å². The topological polar surface area (TPSA) is 41.1 Å². The number of anilines is 1. The Kier molecular flexibility index (Phi) is 6.74. The van der Waals surface area contributed by atoms with Gasteiger partial charge in [-0.2, -0.15) is 11.8 Å². The zero-order chi connectivity index (χ0) is 16.7. The first-order chi connectivity index (χ1) is 11.1. The number of carbonyl (C=O) groups excluding carboxylic acids is 1. The van der Waals surface area contributed by atoms with E-state index in [9.17, 15) is 9.18 Å². The van der Waals surface area contributed by atoms with Gasteiger partial charge in [0.05, 0.1) is 0 Å². The number of hydrogen-bond acceptors (Lipinski definition) is 2. The van der Waals surface area contributed by atoms with Gasteiger partial charge >= 0.3 is 6.03 Å². The van der Waals surface area contributed by atoms with Gasteiger partial charge in [0.1, 0.15) is 5.82 Å². The molecule has 2 aromatic carbocycles. The summed E-state index contributed by atoms with van der Waals surface area (Å²) in [4.78, 5) is 11.8. The predicted molar refractivity (Wildman–Crippen MR) is 95.8 cm³/mol. The first-order valence-corrected chi connectivity index (χ1v) is 8.71. The number of amides is 2. The van der Waals surface area contributed by atoms with E-state index in [-0.39, 0.29) is 11.8 Å². The summed E-state index contributed by atoms with van der Waals surface area (Å²) < 4.78 is 13.0. The average molecular weight is 353 g/mol. The predicted octanol–water partition coefficient (Wildman–Crippen LogP) is 4.84. The van der Waals surface area contributed by atoms with Crippen LogP contribution in [-0.4, -0.2) is 18.3 Å². The maximum absolute atomic E-state index is 13.0. The molecule has 0 aliphatic rings. The fourth-order valence-corrected chi connectivity index (χ4v) is 3.11. The lowest BCUT2D eigenvalue weighted by atomic mass is 10.2. The van der Waals surface area contributed by atoms with Crippen molar-refractivity contribution < 1.29 is 9.18 Å². The van der Waals surface area contributed by atoms with Gasteiger partial charge in [0, 0.05) is 28.8 Å². The quantitative estimate of drug-likeness (QED) is 0.730. The molecule has 2 rings (SSSR count). The number of rotatable bonds is 6. The molecule has 6 heteroatoms. The van der Waals surface area contributed by atoms with E-state index in [1.165, 1.54) is 12.1 Å². The van der Waals surface area contributed by atoms with Gasteiger partial charge < -0.3 is 10.6 Å². The van der Waals surface area contributed by atoms with Crippen molar-refractivity contribution in [3.8, 4) is 0 Å². The summed E-state index contributed by atoms with van der Waals surface area (Å²) >= 11 is 7.78. The molecule has 2 amide bonds. The zero-order valence-electron chi connectivity index (χ0n) is 12.7. The monoisotopic (exact) mass is 352 g/mol. The van der Waals surface area contributed by atoms with Gasteiger partial charge in [-0.3, -0.25) is 0 Å². The minimum atomic E-state index is -0.315. The fraction of sp³-hybridized carbons (Fsp3) is 0.235. The van der Waals surface area contributed by atoms with E-state index in [1.807, 2.05) is 24.3 Å². The Balaban J connectivity index is 1.68. The van der Waals surface area contributed by atoms with E-state index in [4.69, 9.17) is 11.6 Å². The first kappa shape index (κ1) is 17.6. The average Bonchev–Trinajstić information content (AvgIpc) is 2.51. The van der Waals surface area contributed by atoms with Crippen LogP contribution in [0.5, 0.6) is 0 Å². The van der Waals surface area contributed by atoms with E-state index in [0.717, 1.165) is 22.1 Å². The summed E-state index contributed by atoms with van der Waals surface area (Å²) in [7, 11) is 0. The third-order valence-corrected chi connectivity index (χ3v) is 4.56. The van der Waals surface area contributed by atoms with E-state index < -0.39 is 0 Å². The maximum Gasteiger partial charge on any atom is 0.319 e. The molecular formula is C17H18ClFN2OS. The molecule has 0 aromatic heterocycles. The van der Waals surface area contributed by atoms with Crippen LogP contribution in [0.15, 0.2) is 42.5 Å². The smallest absolute Gasteiger partial charge is 0.319 e. The molecule has 0 heterocycles. The van der Waals surface area contributed by atoms with Crippen molar-refractivity contribution in [2.75, 3.05) is 17.6 Å². The molecule has 2 N–H and O–H groups in total. The highest BCUT2D eigenvalue weighted by Gasteiger charge is 2.05. The molecule has 0 bridgehead atoms. The molecule has 23 heavy (non-hydrogen) atoms.